The molecule has 3 nitrogen and oxygen atoms in total. The number of rotatable bonds is 5. The summed E-state index contributed by atoms with van der Waals surface area (Å²) in [4.78, 5) is 4.58. The number of benzene rings is 1. The smallest absolute Gasteiger partial charge is 0.139 e. The van der Waals surface area contributed by atoms with Crippen molar-refractivity contribution in [1.29, 1.82) is 0 Å². The maximum absolute atomic E-state index is 13.9. The highest BCUT2D eigenvalue weighted by molar-refractivity contribution is 9.10. The minimum absolute atomic E-state index is 0.302. The molecule has 0 radical (unpaired) electrons. The molecule has 0 N–H and O–H groups in total. The van der Waals surface area contributed by atoms with Gasteiger partial charge in [0.25, 0.3) is 0 Å². The third-order valence-electron chi connectivity index (χ3n) is 3.19. The molecule has 0 saturated heterocycles. The van der Waals surface area contributed by atoms with E-state index in [4.69, 9.17) is 16.3 Å². The molecule has 0 aliphatic rings. The fourth-order valence-electron chi connectivity index (χ4n) is 2.47. The number of hydrogen-bond donors (Lipinski definition) is 0. The Hall–Kier alpha value is -0.650. The van der Waals surface area contributed by atoms with Gasteiger partial charge in [-0.2, -0.15) is 0 Å². The Morgan fingerprint density at radius 3 is 2.75 bits per heavy atom. The van der Waals surface area contributed by atoms with E-state index in [0.29, 0.717) is 23.4 Å². The molecule has 0 bridgehead atoms. The summed E-state index contributed by atoms with van der Waals surface area (Å²) in [5.41, 5.74) is 1.18. The molecule has 2 aromatic rings. The van der Waals surface area contributed by atoms with Crippen LogP contribution < -0.4 is 0 Å². The molecule has 1 aromatic carbocycles. The Kier molecular flexibility index (Phi) is 4.72. The minimum Gasteiger partial charge on any atom is -0.382 e. The van der Waals surface area contributed by atoms with Crippen molar-refractivity contribution in [2.24, 2.45) is 0 Å². The lowest BCUT2D eigenvalue weighted by molar-refractivity contribution is 0.110. The van der Waals surface area contributed by atoms with E-state index in [-0.39, 0.29) is 11.4 Å². The van der Waals surface area contributed by atoms with Gasteiger partial charge in [-0.15, -0.1) is 11.6 Å². The van der Waals surface area contributed by atoms with E-state index < -0.39 is 0 Å². The van der Waals surface area contributed by atoms with Gasteiger partial charge in [-0.1, -0.05) is 0 Å². The Bertz CT molecular complexity index is 627. The molecular formula is C14H17BrClFN2O. The number of nitrogens with zero attached hydrogens (tertiary/aromatic N) is 2. The van der Waals surface area contributed by atoms with Gasteiger partial charge in [-0.3, -0.25) is 0 Å². The van der Waals surface area contributed by atoms with Crippen LogP contribution in [-0.4, -0.2) is 29.1 Å². The number of fused-ring (bicyclic) bond motifs is 1. The van der Waals surface area contributed by atoms with Gasteiger partial charge in [0.2, 0.25) is 0 Å². The van der Waals surface area contributed by atoms with E-state index in [1.54, 1.807) is 13.2 Å². The Labute approximate surface area is 131 Å². The lowest BCUT2D eigenvalue weighted by Gasteiger charge is -2.28. The van der Waals surface area contributed by atoms with Gasteiger partial charge in [-0.05, 0) is 35.8 Å². The molecule has 0 aliphatic heterocycles. The number of halogens is 3. The lowest BCUT2D eigenvalue weighted by Crippen LogP contribution is -2.33. The zero-order valence-electron chi connectivity index (χ0n) is 11.7. The maximum Gasteiger partial charge on any atom is 0.139 e. The van der Waals surface area contributed by atoms with Gasteiger partial charge in [0.1, 0.15) is 11.6 Å². The second-order valence-corrected chi connectivity index (χ2v) is 6.54. The molecule has 20 heavy (non-hydrogen) atoms. The largest absolute Gasteiger partial charge is 0.382 e. The average molecular weight is 364 g/mol. The highest BCUT2D eigenvalue weighted by Crippen LogP contribution is 2.29. The van der Waals surface area contributed by atoms with E-state index in [2.05, 4.69) is 20.9 Å². The molecule has 0 unspecified atom stereocenters. The molecule has 1 aromatic heterocycles. The predicted molar refractivity (Wildman–Crippen MR) is 83.0 cm³/mol. The second-order valence-electron chi connectivity index (χ2n) is 5.30. The van der Waals surface area contributed by atoms with Crippen LogP contribution in [0.5, 0.6) is 0 Å². The third-order valence-corrected chi connectivity index (χ3v) is 3.98. The van der Waals surface area contributed by atoms with Crippen LogP contribution in [0.1, 0.15) is 19.7 Å². The van der Waals surface area contributed by atoms with E-state index in [1.807, 2.05) is 18.4 Å². The van der Waals surface area contributed by atoms with Gasteiger partial charge in [0, 0.05) is 25.5 Å². The van der Waals surface area contributed by atoms with Crippen LogP contribution in [0.2, 0.25) is 0 Å². The summed E-state index contributed by atoms with van der Waals surface area (Å²) in [5.74, 6) is 1.01. The zero-order chi connectivity index (χ0) is 14.9. The molecule has 2 rings (SSSR count). The Balaban J connectivity index is 2.70. The van der Waals surface area contributed by atoms with Crippen LogP contribution >= 0.6 is 27.5 Å². The first kappa shape index (κ1) is 15.7. The highest BCUT2D eigenvalue weighted by Gasteiger charge is 2.26. The molecule has 6 heteroatoms. The standard InChI is InChI=1S/C14H17BrClFN2O/c1-14(2,8-20-3)19-12-7-10(17)9(15)6-11(12)18-13(19)4-5-16/h6-7H,4-5,8H2,1-3H3. The first-order valence-corrected chi connectivity index (χ1v) is 7.65. The lowest BCUT2D eigenvalue weighted by atomic mass is 10.1. The third kappa shape index (κ3) is 2.85. The molecule has 0 atom stereocenters. The van der Waals surface area contributed by atoms with Crippen LogP contribution in [0.3, 0.4) is 0 Å². The maximum atomic E-state index is 13.9. The van der Waals surface area contributed by atoms with Crippen LogP contribution in [0.15, 0.2) is 16.6 Å². The Morgan fingerprint density at radius 2 is 2.15 bits per heavy atom. The van der Waals surface area contributed by atoms with Crippen LogP contribution in [0.4, 0.5) is 4.39 Å². The van der Waals surface area contributed by atoms with Crippen molar-refractivity contribution in [1.82, 2.24) is 9.55 Å². The minimum atomic E-state index is -0.328. The van der Waals surface area contributed by atoms with Crippen LogP contribution in [0.25, 0.3) is 11.0 Å². The molecule has 0 saturated carbocycles. The first-order valence-electron chi connectivity index (χ1n) is 6.32. The molecular weight excluding hydrogens is 347 g/mol. The van der Waals surface area contributed by atoms with Gasteiger partial charge in [-0.25, -0.2) is 9.37 Å². The summed E-state index contributed by atoms with van der Waals surface area (Å²) in [6.07, 6.45) is 0.628. The monoisotopic (exact) mass is 362 g/mol. The number of ether oxygens (including phenoxy) is 1. The van der Waals surface area contributed by atoms with Gasteiger partial charge >= 0.3 is 0 Å². The van der Waals surface area contributed by atoms with Crippen molar-refractivity contribution in [3.8, 4) is 0 Å². The summed E-state index contributed by atoms with van der Waals surface area (Å²) in [6, 6.07) is 3.20. The Morgan fingerprint density at radius 1 is 1.45 bits per heavy atom. The quantitative estimate of drug-likeness (QED) is 0.748. The fraction of sp³-hybridized carbons (Fsp3) is 0.500. The fourth-order valence-corrected chi connectivity index (χ4v) is 2.97. The average Bonchev–Trinajstić information content (AvgIpc) is 2.68. The number of imidazole rings is 1. The number of aryl methyl sites for hydroxylation is 1. The topological polar surface area (TPSA) is 27.1 Å². The molecule has 0 amide bonds. The first-order chi connectivity index (χ1) is 9.40. The summed E-state index contributed by atoms with van der Waals surface area (Å²) in [5, 5.41) is 0. The molecule has 0 fully saturated rings. The van der Waals surface area contributed by atoms with Crippen LogP contribution in [0, 0.1) is 5.82 Å². The van der Waals surface area contributed by atoms with Crippen molar-refractivity contribution >= 4 is 38.6 Å². The summed E-state index contributed by atoms with van der Waals surface area (Å²) in [7, 11) is 1.65. The number of alkyl halides is 1. The number of methoxy groups -OCH3 is 1. The van der Waals surface area contributed by atoms with E-state index in [9.17, 15) is 4.39 Å². The van der Waals surface area contributed by atoms with Gasteiger partial charge in [0.15, 0.2) is 0 Å². The van der Waals surface area contributed by atoms with E-state index in [1.165, 1.54) is 6.07 Å². The zero-order valence-corrected chi connectivity index (χ0v) is 14.1. The van der Waals surface area contributed by atoms with Crippen molar-refractivity contribution in [2.45, 2.75) is 25.8 Å². The van der Waals surface area contributed by atoms with Crippen molar-refractivity contribution in [3.63, 3.8) is 0 Å². The van der Waals surface area contributed by atoms with E-state index in [0.717, 1.165) is 16.9 Å². The van der Waals surface area contributed by atoms with Crippen molar-refractivity contribution in [3.05, 3.63) is 28.2 Å². The van der Waals surface area contributed by atoms with Gasteiger partial charge in [0.05, 0.1) is 27.7 Å². The van der Waals surface area contributed by atoms with E-state index >= 15 is 0 Å². The second kappa shape index (κ2) is 6.00. The van der Waals surface area contributed by atoms with Crippen LogP contribution in [-0.2, 0) is 16.7 Å². The summed E-state index contributed by atoms with van der Waals surface area (Å²) in [6.45, 7) is 4.58. The normalized spacial score (nSPS) is 12.3. The summed E-state index contributed by atoms with van der Waals surface area (Å²) >= 11 is 9.05. The highest BCUT2D eigenvalue weighted by atomic mass is 79.9. The number of aromatic nitrogens is 2. The predicted octanol–water partition coefficient (Wildman–Crippen LogP) is 4.10. The van der Waals surface area contributed by atoms with Crippen molar-refractivity contribution < 1.29 is 9.13 Å². The summed E-state index contributed by atoms with van der Waals surface area (Å²) < 4.78 is 21.6. The SMILES string of the molecule is COCC(C)(C)n1c(CCCl)nc2cc(Br)c(F)cc21. The molecule has 0 aliphatic carbocycles. The molecule has 0 spiro atoms. The molecule has 1 heterocycles. The molecule has 110 valence electrons. The number of hydrogen-bond acceptors (Lipinski definition) is 2. The van der Waals surface area contributed by atoms with Gasteiger partial charge < -0.3 is 9.30 Å². The van der Waals surface area contributed by atoms with Crippen molar-refractivity contribution in [2.75, 3.05) is 19.6 Å².